The number of carbonyl (C=O) groups excluding carboxylic acids is 1. The number of amides is 1. The Kier molecular flexibility index (Phi) is 6.87. The lowest BCUT2D eigenvalue weighted by Gasteiger charge is -2.10. The van der Waals surface area contributed by atoms with Crippen molar-refractivity contribution >= 4 is 17.3 Å². The predicted molar refractivity (Wildman–Crippen MR) is 80.9 cm³/mol. The third-order valence-corrected chi connectivity index (χ3v) is 2.84. The van der Waals surface area contributed by atoms with Gasteiger partial charge in [-0.15, -0.1) is 0 Å². The van der Waals surface area contributed by atoms with Gasteiger partial charge in [0.25, 0.3) is 0 Å². The van der Waals surface area contributed by atoms with E-state index in [4.69, 9.17) is 15.2 Å². The van der Waals surface area contributed by atoms with Crippen LogP contribution in [0.3, 0.4) is 0 Å². The van der Waals surface area contributed by atoms with E-state index in [0.29, 0.717) is 29.6 Å². The molecule has 0 aliphatic rings. The summed E-state index contributed by atoms with van der Waals surface area (Å²) in [5, 5.41) is 2.72. The first-order valence-electron chi connectivity index (χ1n) is 6.84. The van der Waals surface area contributed by atoms with Crippen molar-refractivity contribution in [3.63, 3.8) is 0 Å². The summed E-state index contributed by atoms with van der Waals surface area (Å²) in [5.74, 6) is 1.11. The van der Waals surface area contributed by atoms with Crippen LogP contribution >= 0.6 is 0 Å². The highest BCUT2D eigenvalue weighted by Crippen LogP contribution is 2.23. The van der Waals surface area contributed by atoms with Gasteiger partial charge in [0.1, 0.15) is 12.4 Å². The van der Waals surface area contributed by atoms with Crippen molar-refractivity contribution in [3.8, 4) is 5.75 Å². The van der Waals surface area contributed by atoms with Gasteiger partial charge >= 0.3 is 0 Å². The fraction of sp³-hybridized carbons (Fsp3) is 0.533. The molecular formula is C15H24N2O3. The molecule has 0 unspecified atom stereocenters. The normalized spacial score (nSPS) is 10.6. The van der Waals surface area contributed by atoms with Gasteiger partial charge in [-0.1, -0.05) is 13.8 Å². The highest BCUT2D eigenvalue weighted by Gasteiger charge is 2.06. The van der Waals surface area contributed by atoms with Crippen molar-refractivity contribution in [1.29, 1.82) is 0 Å². The van der Waals surface area contributed by atoms with Crippen LogP contribution in [-0.2, 0) is 9.53 Å². The summed E-state index contributed by atoms with van der Waals surface area (Å²) in [5.41, 5.74) is 6.86. The number of ether oxygens (including phenoxy) is 2. The average molecular weight is 280 g/mol. The van der Waals surface area contributed by atoms with Crippen LogP contribution in [0.2, 0.25) is 0 Å². The summed E-state index contributed by atoms with van der Waals surface area (Å²) in [6, 6.07) is 5.12. The number of nitrogen functional groups attached to an aromatic ring is 1. The fourth-order valence-corrected chi connectivity index (χ4v) is 1.73. The second-order valence-electron chi connectivity index (χ2n) is 5.09. The Morgan fingerprint density at radius 3 is 2.75 bits per heavy atom. The minimum atomic E-state index is -0.202. The monoisotopic (exact) mass is 280 g/mol. The van der Waals surface area contributed by atoms with E-state index in [0.717, 1.165) is 12.8 Å². The Bertz CT molecular complexity index is 433. The van der Waals surface area contributed by atoms with Crippen LogP contribution < -0.4 is 15.8 Å². The molecule has 0 spiro atoms. The molecule has 0 aliphatic carbocycles. The Morgan fingerprint density at radius 1 is 1.40 bits per heavy atom. The number of nitrogens with two attached hydrogens (primary N) is 1. The number of benzene rings is 1. The van der Waals surface area contributed by atoms with Gasteiger partial charge in [0.15, 0.2) is 0 Å². The van der Waals surface area contributed by atoms with Crippen LogP contribution in [0.15, 0.2) is 18.2 Å². The van der Waals surface area contributed by atoms with Crippen molar-refractivity contribution in [3.05, 3.63) is 18.2 Å². The molecule has 112 valence electrons. The van der Waals surface area contributed by atoms with Gasteiger partial charge < -0.3 is 20.5 Å². The van der Waals surface area contributed by atoms with E-state index in [2.05, 4.69) is 19.2 Å². The number of hydrogen-bond acceptors (Lipinski definition) is 4. The van der Waals surface area contributed by atoms with E-state index in [1.165, 1.54) is 0 Å². The summed E-state index contributed by atoms with van der Waals surface area (Å²) < 4.78 is 10.4. The van der Waals surface area contributed by atoms with E-state index >= 15 is 0 Å². The number of anilines is 2. The molecule has 0 atom stereocenters. The number of nitrogens with one attached hydrogen (secondary N) is 1. The summed E-state index contributed by atoms with van der Waals surface area (Å²) in [7, 11) is 1.57. The molecule has 20 heavy (non-hydrogen) atoms. The zero-order valence-corrected chi connectivity index (χ0v) is 12.4. The quantitative estimate of drug-likeness (QED) is 0.567. The van der Waals surface area contributed by atoms with Gasteiger partial charge in [-0.05, 0) is 30.9 Å². The lowest BCUT2D eigenvalue weighted by molar-refractivity contribution is -0.120. The first-order chi connectivity index (χ1) is 9.52. The molecule has 0 aliphatic heterocycles. The zero-order valence-electron chi connectivity index (χ0n) is 12.4. The molecule has 1 amide bonds. The maximum absolute atomic E-state index is 11.7. The highest BCUT2D eigenvalue weighted by molar-refractivity contribution is 5.94. The molecule has 5 heteroatoms. The van der Waals surface area contributed by atoms with Crippen molar-refractivity contribution in [2.24, 2.45) is 5.92 Å². The fourth-order valence-electron chi connectivity index (χ4n) is 1.73. The lowest BCUT2D eigenvalue weighted by Crippen LogP contribution is -2.19. The third-order valence-electron chi connectivity index (χ3n) is 2.84. The molecule has 1 rings (SSSR count). The van der Waals surface area contributed by atoms with Crippen LogP contribution in [-0.4, -0.2) is 26.2 Å². The molecule has 5 nitrogen and oxygen atoms in total. The molecule has 0 aromatic heterocycles. The molecule has 3 N–H and O–H groups in total. The number of carbonyl (C=O) groups is 1. The second kappa shape index (κ2) is 8.43. The SMILES string of the molecule is COc1ccc(NC(=O)COCCCC(C)C)c(N)c1. The van der Waals surface area contributed by atoms with E-state index < -0.39 is 0 Å². The minimum Gasteiger partial charge on any atom is -0.497 e. The van der Waals surface area contributed by atoms with E-state index in [9.17, 15) is 4.79 Å². The number of hydrogen-bond donors (Lipinski definition) is 2. The summed E-state index contributed by atoms with van der Waals surface area (Å²) in [4.78, 5) is 11.7. The molecule has 0 heterocycles. The summed E-state index contributed by atoms with van der Waals surface area (Å²) in [6.07, 6.45) is 2.07. The largest absolute Gasteiger partial charge is 0.497 e. The molecule has 0 fully saturated rings. The van der Waals surface area contributed by atoms with Crippen LogP contribution in [0.25, 0.3) is 0 Å². The topological polar surface area (TPSA) is 73.6 Å². The maximum Gasteiger partial charge on any atom is 0.250 e. The minimum absolute atomic E-state index is 0.0452. The van der Waals surface area contributed by atoms with Gasteiger partial charge in [-0.3, -0.25) is 4.79 Å². The first-order valence-corrected chi connectivity index (χ1v) is 6.84. The Hall–Kier alpha value is -1.75. The Labute approximate surface area is 120 Å². The Morgan fingerprint density at radius 2 is 2.15 bits per heavy atom. The lowest BCUT2D eigenvalue weighted by atomic mass is 10.1. The second-order valence-corrected chi connectivity index (χ2v) is 5.09. The molecule has 0 bridgehead atoms. The van der Waals surface area contributed by atoms with Crippen molar-refractivity contribution in [2.45, 2.75) is 26.7 Å². The highest BCUT2D eigenvalue weighted by atomic mass is 16.5. The standard InChI is InChI=1S/C15H24N2O3/c1-11(2)5-4-8-20-10-15(18)17-14-7-6-12(19-3)9-13(14)16/h6-7,9,11H,4-5,8,10,16H2,1-3H3,(H,17,18). The van der Waals surface area contributed by atoms with Gasteiger partial charge in [-0.25, -0.2) is 0 Å². The number of methoxy groups -OCH3 is 1. The number of rotatable bonds is 8. The van der Waals surface area contributed by atoms with Crippen LogP contribution in [0.4, 0.5) is 11.4 Å². The smallest absolute Gasteiger partial charge is 0.250 e. The average Bonchev–Trinajstić information content (AvgIpc) is 2.40. The van der Waals surface area contributed by atoms with Crippen molar-refractivity contribution < 1.29 is 14.3 Å². The maximum atomic E-state index is 11.7. The molecule has 0 radical (unpaired) electrons. The zero-order chi connectivity index (χ0) is 15.0. The van der Waals surface area contributed by atoms with E-state index in [1.807, 2.05) is 0 Å². The van der Waals surface area contributed by atoms with Gasteiger partial charge in [0.05, 0.1) is 18.5 Å². The third kappa shape index (κ3) is 5.93. The molecular weight excluding hydrogens is 256 g/mol. The molecule has 0 saturated heterocycles. The predicted octanol–water partition coefficient (Wildman–Crippen LogP) is 2.67. The van der Waals surface area contributed by atoms with Gasteiger partial charge in [0.2, 0.25) is 5.91 Å². The van der Waals surface area contributed by atoms with Crippen molar-refractivity contribution in [1.82, 2.24) is 0 Å². The van der Waals surface area contributed by atoms with Crippen LogP contribution in [0, 0.1) is 5.92 Å². The van der Waals surface area contributed by atoms with Crippen LogP contribution in [0.1, 0.15) is 26.7 Å². The van der Waals surface area contributed by atoms with Crippen LogP contribution in [0.5, 0.6) is 5.75 Å². The summed E-state index contributed by atoms with van der Waals surface area (Å²) in [6.45, 7) is 4.98. The Balaban J connectivity index is 2.32. The molecule has 1 aromatic carbocycles. The van der Waals surface area contributed by atoms with E-state index in [1.54, 1.807) is 25.3 Å². The molecule has 0 saturated carbocycles. The van der Waals surface area contributed by atoms with Crippen molar-refractivity contribution in [2.75, 3.05) is 31.4 Å². The van der Waals surface area contributed by atoms with Gasteiger partial charge in [0, 0.05) is 12.7 Å². The summed E-state index contributed by atoms with van der Waals surface area (Å²) >= 11 is 0. The molecule has 1 aromatic rings. The van der Waals surface area contributed by atoms with E-state index in [-0.39, 0.29) is 12.5 Å². The first kappa shape index (κ1) is 16.3. The van der Waals surface area contributed by atoms with Gasteiger partial charge in [-0.2, -0.15) is 0 Å².